The lowest BCUT2D eigenvalue weighted by molar-refractivity contribution is -0.126. The van der Waals surface area contributed by atoms with Gasteiger partial charge in [-0.25, -0.2) is 0 Å². The second kappa shape index (κ2) is 9.44. The Morgan fingerprint density at radius 3 is 2.36 bits per heavy atom. The van der Waals surface area contributed by atoms with Gasteiger partial charge in [-0.05, 0) is 48.2 Å². The first-order valence-electron chi connectivity index (χ1n) is 8.07. The van der Waals surface area contributed by atoms with Crippen molar-refractivity contribution in [3.05, 3.63) is 63.6 Å². The summed E-state index contributed by atoms with van der Waals surface area (Å²) in [6.07, 6.45) is 1.29. The molecule has 6 heteroatoms. The van der Waals surface area contributed by atoms with Gasteiger partial charge in [-0.1, -0.05) is 48.3 Å². The Hall–Kier alpha value is -2.04. The Morgan fingerprint density at radius 2 is 1.72 bits per heavy atom. The van der Waals surface area contributed by atoms with Crippen LogP contribution in [0.4, 0.5) is 5.69 Å². The van der Waals surface area contributed by atoms with Gasteiger partial charge in [-0.2, -0.15) is 0 Å². The van der Waals surface area contributed by atoms with E-state index in [1.165, 1.54) is 5.56 Å². The molecule has 2 amide bonds. The summed E-state index contributed by atoms with van der Waals surface area (Å²) in [6, 6.07) is 12.8. The van der Waals surface area contributed by atoms with Crippen LogP contribution < -0.4 is 10.6 Å². The molecule has 2 aromatic rings. The van der Waals surface area contributed by atoms with E-state index >= 15 is 0 Å². The first kappa shape index (κ1) is 19.3. The predicted octanol–water partition coefficient (Wildman–Crippen LogP) is 4.24. The molecule has 132 valence electrons. The smallest absolute Gasteiger partial charge is 0.233 e. The van der Waals surface area contributed by atoms with Crippen molar-refractivity contribution in [2.45, 2.75) is 26.2 Å². The number of carbonyl (C=O) groups excluding carboxylic acids is 2. The summed E-state index contributed by atoms with van der Waals surface area (Å²) < 4.78 is 0. The standard InChI is InChI=1S/C19H20Cl2N2O2/c1-2-13-3-7-16(8-4-13)23-19(25)12-18(24)22-10-9-14-5-6-15(20)11-17(14)21/h3-8,11H,2,9-10,12H2,1H3,(H,22,24)(H,23,25). The highest BCUT2D eigenvalue weighted by Gasteiger charge is 2.10. The molecule has 4 nitrogen and oxygen atoms in total. The molecule has 0 saturated carbocycles. The number of aryl methyl sites for hydroxylation is 1. The summed E-state index contributed by atoms with van der Waals surface area (Å²) in [5.74, 6) is -0.668. The van der Waals surface area contributed by atoms with Crippen LogP contribution in [0, 0.1) is 0 Å². The van der Waals surface area contributed by atoms with Gasteiger partial charge in [-0.15, -0.1) is 0 Å². The number of rotatable bonds is 7. The average molecular weight is 379 g/mol. The van der Waals surface area contributed by atoms with E-state index in [0.717, 1.165) is 12.0 Å². The molecule has 0 heterocycles. The molecular weight excluding hydrogens is 359 g/mol. The zero-order valence-electron chi connectivity index (χ0n) is 13.9. The second-order valence-electron chi connectivity index (χ2n) is 5.61. The van der Waals surface area contributed by atoms with E-state index < -0.39 is 0 Å². The normalized spacial score (nSPS) is 10.4. The molecule has 2 N–H and O–H groups in total. The van der Waals surface area contributed by atoms with E-state index in [4.69, 9.17) is 23.2 Å². The van der Waals surface area contributed by atoms with E-state index in [1.54, 1.807) is 12.1 Å². The van der Waals surface area contributed by atoms with Gasteiger partial charge in [0.2, 0.25) is 11.8 Å². The molecule has 2 rings (SSSR count). The zero-order chi connectivity index (χ0) is 18.2. The monoisotopic (exact) mass is 378 g/mol. The van der Waals surface area contributed by atoms with Gasteiger partial charge < -0.3 is 10.6 Å². The number of hydrogen-bond acceptors (Lipinski definition) is 2. The van der Waals surface area contributed by atoms with Gasteiger partial charge >= 0.3 is 0 Å². The Kier molecular flexibility index (Phi) is 7.29. The minimum atomic E-state index is -0.341. The second-order valence-corrected chi connectivity index (χ2v) is 6.45. The van der Waals surface area contributed by atoms with Gasteiger partial charge in [-0.3, -0.25) is 9.59 Å². The Bertz CT molecular complexity index is 746. The molecular formula is C19H20Cl2N2O2. The minimum Gasteiger partial charge on any atom is -0.355 e. The maximum atomic E-state index is 11.9. The number of amides is 2. The predicted molar refractivity (Wildman–Crippen MR) is 102 cm³/mol. The maximum absolute atomic E-state index is 11.9. The van der Waals surface area contributed by atoms with E-state index in [-0.39, 0.29) is 18.2 Å². The third kappa shape index (κ3) is 6.40. The van der Waals surface area contributed by atoms with Crippen molar-refractivity contribution in [2.75, 3.05) is 11.9 Å². The number of carbonyl (C=O) groups is 2. The molecule has 0 saturated heterocycles. The summed E-state index contributed by atoms with van der Waals surface area (Å²) in [7, 11) is 0. The Labute approximate surface area is 157 Å². The highest BCUT2D eigenvalue weighted by Crippen LogP contribution is 2.21. The van der Waals surface area contributed by atoms with Gasteiger partial charge in [0.25, 0.3) is 0 Å². The molecule has 0 bridgehead atoms. The third-order valence-corrected chi connectivity index (χ3v) is 4.29. The van der Waals surface area contributed by atoms with E-state index in [2.05, 4.69) is 17.6 Å². The van der Waals surface area contributed by atoms with Crippen molar-refractivity contribution < 1.29 is 9.59 Å². The number of halogens is 2. The Balaban J connectivity index is 1.74. The lowest BCUT2D eigenvalue weighted by Crippen LogP contribution is -2.29. The van der Waals surface area contributed by atoms with Gasteiger partial charge in [0.05, 0.1) is 0 Å². The quantitative estimate of drug-likeness (QED) is 0.707. The highest BCUT2D eigenvalue weighted by molar-refractivity contribution is 6.35. The molecule has 0 aliphatic carbocycles. The van der Waals surface area contributed by atoms with E-state index in [9.17, 15) is 9.59 Å². The Morgan fingerprint density at radius 1 is 1.00 bits per heavy atom. The van der Waals surface area contributed by atoms with Crippen LogP contribution >= 0.6 is 23.2 Å². The zero-order valence-corrected chi connectivity index (χ0v) is 15.5. The van der Waals surface area contributed by atoms with Crippen molar-refractivity contribution in [1.82, 2.24) is 5.32 Å². The van der Waals surface area contributed by atoms with Crippen LogP contribution in [0.2, 0.25) is 10.0 Å². The van der Waals surface area contributed by atoms with Crippen LogP contribution in [0.5, 0.6) is 0 Å². The van der Waals surface area contributed by atoms with Crippen LogP contribution in [0.15, 0.2) is 42.5 Å². The number of nitrogens with one attached hydrogen (secondary N) is 2. The summed E-state index contributed by atoms with van der Waals surface area (Å²) in [6.45, 7) is 2.47. The van der Waals surface area contributed by atoms with Crippen LogP contribution in [0.3, 0.4) is 0 Å². The number of benzene rings is 2. The number of anilines is 1. The SMILES string of the molecule is CCc1ccc(NC(=O)CC(=O)NCCc2ccc(Cl)cc2Cl)cc1. The highest BCUT2D eigenvalue weighted by atomic mass is 35.5. The van der Waals surface area contributed by atoms with Crippen molar-refractivity contribution in [3.63, 3.8) is 0 Å². The lowest BCUT2D eigenvalue weighted by atomic mass is 10.1. The molecule has 0 fully saturated rings. The lowest BCUT2D eigenvalue weighted by Gasteiger charge is -2.08. The fourth-order valence-electron chi connectivity index (χ4n) is 2.30. The van der Waals surface area contributed by atoms with Crippen LogP contribution in [-0.4, -0.2) is 18.4 Å². The van der Waals surface area contributed by atoms with Crippen molar-refractivity contribution in [2.24, 2.45) is 0 Å². The van der Waals surface area contributed by atoms with E-state index in [0.29, 0.717) is 28.7 Å². The van der Waals surface area contributed by atoms with Crippen LogP contribution in [0.25, 0.3) is 0 Å². The summed E-state index contributed by atoms with van der Waals surface area (Å²) in [5, 5.41) is 6.56. The summed E-state index contributed by atoms with van der Waals surface area (Å²) in [5.41, 5.74) is 2.77. The third-order valence-electron chi connectivity index (χ3n) is 3.70. The first-order chi connectivity index (χ1) is 12.0. The van der Waals surface area contributed by atoms with Gasteiger partial charge in [0.15, 0.2) is 0 Å². The van der Waals surface area contributed by atoms with Crippen LogP contribution in [0.1, 0.15) is 24.5 Å². The van der Waals surface area contributed by atoms with Crippen molar-refractivity contribution >= 4 is 40.7 Å². The fraction of sp³-hybridized carbons (Fsp3) is 0.263. The molecule has 0 aliphatic rings. The molecule has 0 aliphatic heterocycles. The van der Waals surface area contributed by atoms with E-state index in [1.807, 2.05) is 30.3 Å². The van der Waals surface area contributed by atoms with Crippen LogP contribution in [-0.2, 0) is 22.4 Å². The van der Waals surface area contributed by atoms with Crippen molar-refractivity contribution in [3.8, 4) is 0 Å². The molecule has 0 radical (unpaired) electrons. The van der Waals surface area contributed by atoms with Gasteiger partial charge in [0.1, 0.15) is 6.42 Å². The molecule has 0 unspecified atom stereocenters. The number of hydrogen-bond donors (Lipinski definition) is 2. The maximum Gasteiger partial charge on any atom is 0.233 e. The fourth-order valence-corrected chi connectivity index (χ4v) is 2.80. The average Bonchev–Trinajstić information content (AvgIpc) is 2.57. The molecule has 0 atom stereocenters. The van der Waals surface area contributed by atoms with Gasteiger partial charge in [0, 0.05) is 22.3 Å². The minimum absolute atomic E-state index is 0.218. The largest absolute Gasteiger partial charge is 0.355 e. The topological polar surface area (TPSA) is 58.2 Å². The first-order valence-corrected chi connectivity index (χ1v) is 8.83. The molecule has 2 aromatic carbocycles. The summed E-state index contributed by atoms with van der Waals surface area (Å²) >= 11 is 11.9. The molecule has 0 aromatic heterocycles. The molecule has 25 heavy (non-hydrogen) atoms. The summed E-state index contributed by atoms with van der Waals surface area (Å²) in [4.78, 5) is 23.7. The molecule has 0 spiro atoms. The van der Waals surface area contributed by atoms with Crippen molar-refractivity contribution in [1.29, 1.82) is 0 Å².